The number of hydrogen-bond donors (Lipinski definition) is 2. The zero-order valence-corrected chi connectivity index (χ0v) is 9.87. The molecule has 0 aromatic rings. The van der Waals surface area contributed by atoms with Crippen LogP contribution < -0.4 is 0 Å². The number of aliphatic hydroxyl groups excluding tert-OH is 2. The fraction of sp³-hybridized carbons (Fsp3) is 1.00. The molecular weight excluding hydrogens is 176 g/mol. The summed E-state index contributed by atoms with van der Waals surface area (Å²) in [5.41, 5.74) is 0. The third-order valence-electron chi connectivity index (χ3n) is 3.00. The Kier molecular flexibility index (Phi) is 8.20. The van der Waals surface area contributed by atoms with Crippen molar-refractivity contribution in [1.82, 2.24) is 0 Å². The lowest BCUT2D eigenvalue weighted by atomic mass is 9.91. The summed E-state index contributed by atoms with van der Waals surface area (Å²) in [4.78, 5) is 0. The topological polar surface area (TPSA) is 40.5 Å². The predicted molar refractivity (Wildman–Crippen MR) is 60.2 cm³/mol. The van der Waals surface area contributed by atoms with E-state index < -0.39 is 0 Å². The molecule has 0 aromatic heterocycles. The maximum atomic E-state index is 9.82. The van der Waals surface area contributed by atoms with Gasteiger partial charge in [0.15, 0.2) is 0 Å². The molecule has 0 aliphatic heterocycles. The monoisotopic (exact) mass is 202 g/mol. The van der Waals surface area contributed by atoms with E-state index in [0.29, 0.717) is 12.3 Å². The Bertz CT molecular complexity index is 121. The minimum absolute atomic E-state index is 0.314. The Morgan fingerprint density at radius 1 is 1.00 bits per heavy atom. The van der Waals surface area contributed by atoms with E-state index in [1.807, 2.05) is 0 Å². The number of rotatable bonds is 8. The van der Waals surface area contributed by atoms with E-state index in [4.69, 9.17) is 0 Å². The molecule has 86 valence electrons. The van der Waals surface area contributed by atoms with Gasteiger partial charge < -0.3 is 10.2 Å². The fourth-order valence-electron chi connectivity index (χ4n) is 1.86. The van der Waals surface area contributed by atoms with Gasteiger partial charge in [-0.15, -0.1) is 0 Å². The summed E-state index contributed by atoms with van der Waals surface area (Å²) in [6, 6.07) is 0. The Morgan fingerprint density at radius 2 is 1.57 bits per heavy atom. The zero-order valence-electron chi connectivity index (χ0n) is 9.87. The van der Waals surface area contributed by atoms with Gasteiger partial charge in [0.25, 0.3) is 0 Å². The lowest BCUT2D eigenvalue weighted by molar-refractivity contribution is 0.0369. The van der Waals surface area contributed by atoms with Gasteiger partial charge in [-0.25, -0.2) is 0 Å². The van der Waals surface area contributed by atoms with Crippen LogP contribution >= 0.6 is 0 Å². The van der Waals surface area contributed by atoms with Crippen LogP contribution in [0.25, 0.3) is 0 Å². The van der Waals surface area contributed by atoms with Crippen molar-refractivity contribution >= 4 is 0 Å². The summed E-state index contributed by atoms with van der Waals surface area (Å²) < 4.78 is 0. The maximum Gasteiger partial charge on any atom is 0.0592 e. The van der Waals surface area contributed by atoms with E-state index in [9.17, 15) is 10.2 Å². The van der Waals surface area contributed by atoms with Gasteiger partial charge in [-0.05, 0) is 18.8 Å². The largest absolute Gasteiger partial charge is 0.393 e. The molecule has 2 nitrogen and oxygen atoms in total. The maximum absolute atomic E-state index is 9.82. The first-order valence-electron chi connectivity index (χ1n) is 6.01. The van der Waals surface area contributed by atoms with Gasteiger partial charge in [-0.1, -0.05) is 46.5 Å². The lowest BCUT2D eigenvalue weighted by Crippen LogP contribution is -2.25. The number of hydrogen-bond acceptors (Lipinski definition) is 2. The van der Waals surface area contributed by atoms with Crippen LogP contribution in [0.3, 0.4) is 0 Å². The molecule has 0 heterocycles. The van der Waals surface area contributed by atoms with Crippen LogP contribution in [-0.4, -0.2) is 22.4 Å². The van der Waals surface area contributed by atoms with Crippen LogP contribution in [0.5, 0.6) is 0 Å². The van der Waals surface area contributed by atoms with Crippen molar-refractivity contribution in [3.05, 3.63) is 0 Å². The summed E-state index contributed by atoms with van der Waals surface area (Å²) >= 11 is 0. The molecule has 0 aliphatic rings. The first kappa shape index (κ1) is 13.9. The van der Waals surface area contributed by atoms with Crippen molar-refractivity contribution in [2.45, 2.75) is 71.5 Å². The molecule has 2 N–H and O–H groups in total. The second-order valence-corrected chi connectivity index (χ2v) is 4.18. The third kappa shape index (κ3) is 5.61. The molecule has 0 fully saturated rings. The van der Waals surface area contributed by atoms with Crippen LogP contribution in [0.1, 0.15) is 59.3 Å². The first-order valence-corrected chi connectivity index (χ1v) is 6.01. The van der Waals surface area contributed by atoms with Gasteiger partial charge in [0.1, 0.15) is 0 Å². The molecule has 0 aliphatic carbocycles. The molecule has 0 spiro atoms. The Hall–Kier alpha value is -0.0800. The molecule has 0 bridgehead atoms. The standard InChI is InChI=1S/C12H26O2/c1-4-7-8-11(13)9-12(14)10(5-2)6-3/h10-14H,4-9H2,1-3H3. The second kappa shape index (κ2) is 8.25. The van der Waals surface area contributed by atoms with Crippen molar-refractivity contribution in [1.29, 1.82) is 0 Å². The Balaban J connectivity index is 3.73. The highest BCUT2D eigenvalue weighted by Gasteiger charge is 2.18. The minimum Gasteiger partial charge on any atom is -0.393 e. The summed E-state index contributed by atoms with van der Waals surface area (Å²) in [7, 11) is 0. The highest BCUT2D eigenvalue weighted by molar-refractivity contribution is 4.70. The zero-order chi connectivity index (χ0) is 11.0. The van der Waals surface area contributed by atoms with Gasteiger partial charge in [-0.3, -0.25) is 0 Å². The average Bonchev–Trinajstić information content (AvgIpc) is 2.16. The molecular formula is C12H26O2. The van der Waals surface area contributed by atoms with Crippen LogP contribution in [-0.2, 0) is 0 Å². The average molecular weight is 202 g/mol. The molecule has 2 atom stereocenters. The predicted octanol–water partition coefficient (Wildman–Crippen LogP) is 2.72. The van der Waals surface area contributed by atoms with Gasteiger partial charge in [0.2, 0.25) is 0 Å². The van der Waals surface area contributed by atoms with Crippen LogP contribution in [0.2, 0.25) is 0 Å². The molecule has 0 saturated carbocycles. The van der Waals surface area contributed by atoms with E-state index in [0.717, 1.165) is 32.1 Å². The molecule has 14 heavy (non-hydrogen) atoms. The highest BCUT2D eigenvalue weighted by Crippen LogP contribution is 2.18. The normalized spacial score (nSPS) is 15.9. The van der Waals surface area contributed by atoms with Crippen molar-refractivity contribution < 1.29 is 10.2 Å². The molecule has 0 amide bonds. The Labute approximate surface area is 88.3 Å². The van der Waals surface area contributed by atoms with E-state index in [2.05, 4.69) is 20.8 Å². The summed E-state index contributed by atoms with van der Waals surface area (Å²) in [6.07, 6.45) is 4.90. The summed E-state index contributed by atoms with van der Waals surface area (Å²) in [5, 5.41) is 19.4. The quantitative estimate of drug-likeness (QED) is 0.635. The van der Waals surface area contributed by atoms with Crippen LogP contribution in [0.15, 0.2) is 0 Å². The van der Waals surface area contributed by atoms with Gasteiger partial charge in [0, 0.05) is 0 Å². The van der Waals surface area contributed by atoms with E-state index in [1.165, 1.54) is 0 Å². The first-order chi connectivity index (χ1) is 6.65. The molecule has 2 unspecified atom stereocenters. The van der Waals surface area contributed by atoms with E-state index in [1.54, 1.807) is 0 Å². The van der Waals surface area contributed by atoms with Crippen molar-refractivity contribution in [2.24, 2.45) is 5.92 Å². The summed E-state index contributed by atoms with van der Waals surface area (Å²) in [5.74, 6) is 0.353. The summed E-state index contributed by atoms with van der Waals surface area (Å²) in [6.45, 7) is 6.30. The minimum atomic E-state index is -0.322. The van der Waals surface area contributed by atoms with Crippen molar-refractivity contribution in [3.63, 3.8) is 0 Å². The third-order valence-corrected chi connectivity index (χ3v) is 3.00. The highest BCUT2D eigenvalue weighted by atomic mass is 16.3. The van der Waals surface area contributed by atoms with Gasteiger partial charge in [-0.2, -0.15) is 0 Å². The molecule has 0 radical (unpaired) electrons. The molecule has 0 aromatic carbocycles. The van der Waals surface area contributed by atoms with E-state index in [-0.39, 0.29) is 12.2 Å². The molecule has 0 saturated heterocycles. The van der Waals surface area contributed by atoms with Crippen LogP contribution in [0, 0.1) is 5.92 Å². The van der Waals surface area contributed by atoms with Crippen molar-refractivity contribution in [2.75, 3.05) is 0 Å². The second-order valence-electron chi connectivity index (χ2n) is 4.18. The molecule has 2 heteroatoms. The number of unbranched alkanes of at least 4 members (excludes halogenated alkanes) is 1. The Morgan fingerprint density at radius 3 is 2.00 bits per heavy atom. The SMILES string of the molecule is CCCCC(O)CC(O)C(CC)CC. The van der Waals surface area contributed by atoms with E-state index >= 15 is 0 Å². The van der Waals surface area contributed by atoms with Gasteiger partial charge >= 0.3 is 0 Å². The molecule has 0 rings (SSSR count). The smallest absolute Gasteiger partial charge is 0.0592 e. The lowest BCUT2D eigenvalue weighted by Gasteiger charge is -2.22. The van der Waals surface area contributed by atoms with Gasteiger partial charge in [0.05, 0.1) is 12.2 Å². The number of aliphatic hydroxyl groups is 2. The fourth-order valence-corrected chi connectivity index (χ4v) is 1.86. The van der Waals surface area contributed by atoms with Crippen LogP contribution in [0.4, 0.5) is 0 Å². The van der Waals surface area contributed by atoms with Crippen molar-refractivity contribution in [3.8, 4) is 0 Å².